The summed E-state index contributed by atoms with van der Waals surface area (Å²) in [5, 5.41) is 2.99. The molecule has 1 aliphatic rings. The van der Waals surface area contributed by atoms with Crippen molar-refractivity contribution in [2.45, 2.75) is 0 Å². The second-order valence-electron chi connectivity index (χ2n) is 7.37. The van der Waals surface area contributed by atoms with Crippen LogP contribution in [0, 0.1) is 5.82 Å². The first-order valence-corrected chi connectivity index (χ1v) is 9.70. The molecule has 0 radical (unpaired) electrons. The van der Waals surface area contributed by atoms with Gasteiger partial charge < -0.3 is 24.8 Å². The molecule has 2 aromatic carbocycles. The largest absolute Gasteiger partial charge is 0.497 e. The van der Waals surface area contributed by atoms with Crippen molar-refractivity contribution in [1.29, 1.82) is 0 Å². The molecule has 0 unspecified atom stereocenters. The van der Waals surface area contributed by atoms with Crippen molar-refractivity contribution in [3.8, 4) is 5.75 Å². The summed E-state index contributed by atoms with van der Waals surface area (Å²) in [6, 6.07) is 10.7. The lowest BCUT2D eigenvalue weighted by atomic mass is 10.1. The van der Waals surface area contributed by atoms with Crippen molar-refractivity contribution in [1.82, 2.24) is 9.88 Å². The van der Waals surface area contributed by atoms with Gasteiger partial charge in [0.1, 0.15) is 17.3 Å². The van der Waals surface area contributed by atoms with Crippen LogP contribution in [0.25, 0.3) is 10.9 Å². The Kier molecular flexibility index (Phi) is 5.41. The van der Waals surface area contributed by atoms with Gasteiger partial charge in [0, 0.05) is 37.9 Å². The maximum absolute atomic E-state index is 14.2. The quantitative estimate of drug-likeness (QED) is 0.692. The number of methoxy groups -OCH3 is 1. The zero-order chi connectivity index (χ0) is 21.3. The van der Waals surface area contributed by atoms with Gasteiger partial charge in [0.25, 0.3) is 5.91 Å². The van der Waals surface area contributed by atoms with Crippen LogP contribution in [0.2, 0.25) is 0 Å². The fraction of sp³-hybridized carbons (Fsp3) is 0.273. The number of fused-ring (bicyclic) bond motifs is 1. The zero-order valence-corrected chi connectivity index (χ0v) is 16.9. The van der Waals surface area contributed by atoms with E-state index >= 15 is 0 Å². The monoisotopic (exact) mass is 410 g/mol. The lowest BCUT2D eigenvalue weighted by Crippen LogP contribution is -2.44. The Balaban J connectivity index is 1.70. The highest BCUT2D eigenvalue weighted by molar-refractivity contribution is 6.05. The Hall–Kier alpha value is -3.39. The number of pyridine rings is 1. The van der Waals surface area contributed by atoms with Gasteiger partial charge in [-0.05, 0) is 43.4 Å². The first-order chi connectivity index (χ1) is 14.4. The predicted octanol–water partition coefficient (Wildman–Crippen LogP) is 2.68. The number of anilines is 2. The number of aromatic nitrogens is 1. The minimum atomic E-state index is -0.475. The van der Waals surface area contributed by atoms with E-state index in [4.69, 9.17) is 4.74 Å². The smallest absolute Gasteiger partial charge is 0.272 e. The maximum atomic E-state index is 14.2. The number of aromatic amines is 1. The molecule has 1 fully saturated rings. The standard InChI is InChI=1S/C22H23FN4O3/c1-26-7-9-27(10-8-26)19-12-14(23)11-17-20(28)13-18(25-21(17)19)22(29)24-15-3-5-16(30-2)6-4-15/h3-6,11-13H,7-10H2,1-2H3,(H,24,29)(H,25,28). The summed E-state index contributed by atoms with van der Waals surface area (Å²) < 4.78 is 19.3. The molecule has 3 aromatic rings. The summed E-state index contributed by atoms with van der Waals surface area (Å²) in [5.41, 5.74) is 1.34. The Bertz CT molecular complexity index is 1140. The van der Waals surface area contributed by atoms with E-state index in [0.717, 1.165) is 13.1 Å². The number of carbonyl (C=O) groups excluding carboxylic acids is 1. The molecule has 0 aliphatic carbocycles. The number of nitrogens with one attached hydrogen (secondary N) is 2. The molecule has 0 spiro atoms. The van der Waals surface area contributed by atoms with Crippen molar-refractivity contribution in [3.63, 3.8) is 0 Å². The molecule has 8 heteroatoms. The van der Waals surface area contributed by atoms with Crippen LogP contribution in [0.4, 0.5) is 15.8 Å². The molecule has 1 aliphatic heterocycles. The summed E-state index contributed by atoms with van der Waals surface area (Å²) >= 11 is 0. The van der Waals surface area contributed by atoms with Crippen LogP contribution in [0.1, 0.15) is 10.5 Å². The molecule has 0 saturated carbocycles. The van der Waals surface area contributed by atoms with E-state index in [0.29, 0.717) is 35.7 Å². The van der Waals surface area contributed by atoms with Crippen LogP contribution in [0.3, 0.4) is 0 Å². The van der Waals surface area contributed by atoms with E-state index in [1.165, 1.54) is 18.2 Å². The average molecular weight is 410 g/mol. The van der Waals surface area contributed by atoms with Gasteiger partial charge in [-0.2, -0.15) is 0 Å². The van der Waals surface area contributed by atoms with Crippen LogP contribution in [0.5, 0.6) is 5.75 Å². The van der Waals surface area contributed by atoms with Gasteiger partial charge >= 0.3 is 0 Å². The maximum Gasteiger partial charge on any atom is 0.272 e. The summed E-state index contributed by atoms with van der Waals surface area (Å²) in [7, 11) is 3.60. The van der Waals surface area contributed by atoms with Crippen molar-refractivity contribution in [3.05, 3.63) is 64.2 Å². The molecule has 156 valence electrons. The molecule has 30 heavy (non-hydrogen) atoms. The van der Waals surface area contributed by atoms with E-state index in [1.54, 1.807) is 31.4 Å². The summed E-state index contributed by atoms with van der Waals surface area (Å²) in [6.45, 7) is 3.08. The molecule has 1 aromatic heterocycles. The van der Waals surface area contributed by atoms with Crippen LogP contribution in [-0.2, 0) is 0 Å². The summed E-state index contributed by atoms with van der Waals surface area (Å²) in [5.74, 6) is -0.254. The van der Waals surface area contributed by atoms with E-state index in [-0.39, 0.29) is 11.1 Å². The van der Waals surface area contributed by atoms with Crippen LogP contribution >= 0.6 is 0 Å². The van der Waals surface area contributed by atoms with E-state index < -0.39 is 17.2 Å². The number of likely N-dealkylation sites (N-methyl/N-ethyl adjacent to an activating group) is 1. The van der Waals surface area contributed by atoms with Gasteiger partial charge in [-0.15, -0.1) is 0 Å². The Morgan fingerprint density at radius 3 is 2.47 bits per heavy atom. The average Bonchev–Trinajstić information content (AvgIpc) is 2.75. The highest BCUT2D eigenvalue weighted by Crippen LogP contribution is 2.26. The molecule has 4 rings (SSSR count). The molecular weight excluding hydrogens is 387 g/mol. The summed E-state index contributed by atoms with van der Waals surface area (Å²) in [4.78, 5) is 32.7. The summed E-state index contributed by atoms with van der Waals surface area (Å²) in [6.07, 6.45) is 0. The minimum Gasteiger partial charge on any atom is -0.497 e. The first kappa shape index (κ1) is 19.9. The number of rotatable bonds is 4. The molecule has 2 N–H and O–H groups in total. The van der Waals surface area contributed by atoms with E-state index in [1.807, 2.05) is 11.9 Å². The molecule has 2 heterocycles. The number of hydrogen-bond acceptors (Lipinski definition) is 5. The van der Waals surface area contributed by atoms with E-state index in [2.05, 4.69) is 15.2 Å². The van der Waals surface area contributed by atoms with Crippen LogP contribution in [-0.4, -0.2) is 56.1 Å². The van der Waals surface area contributed by atoms with Crippen molar-refractivity contribution >= 4 is 28.2 Å². The number of hydrogen-bond donors (Lipinski definition) is 2. The fourth-order valence-electron chi connectivity index (χ4n) is 3.59. The van der Waals surface area contributed by atoms with Gasteiger partial charge in [0.15, 0.2) is 5.43 Å². The number of ether oxygens (including phenoxy) is 1. The number of halogens is 1. The SMILES string of the molecule is COc1ccc(NC(=O)c2cc(=O)c3cc(F)cc(N4CCN(C)CC4)c3[nH]2)cc1. The molecule has 1 saturated heterocycles. The third-order valence-electron chi connectivity index (χ3n) is 5.32. The Morgan fingerprint density at radius 1 is 1.10 bits per heavy atom. The molecule has 0 bridgehead atoms. The topological polar surface area (TPSA) is 77.7 Å². The fourth-order valence-corrected chi connectivity index (χ4v) is 3.59. The minimum absolute atomic E-state index is 0.116. The van der Waals surface area contributed by atoms with Crippen LogP contribution < -0.4 is 20.4 Å². The van der Waals surface area contributed by atoms with Gasteiger partial charge in [0.05, 0.1) is 23.7 Å². The van der Waals surface area contributed by atoms with Gasteiger partial charge in [-0.25, -0.2) is 4.39 Å². The highest BCUT2D eigenvalue weighted by atomic mass is 19.1. The number of H-pyrrole nitrogens is 1. The number of piperazine rings is 1. The second-order valence-corrected chi connectivity index (χ2v) is 7.37. The number of amides is 1. The predicted molar refractivity (Wildman–Crippen MR) is 115 cm³/mol. The zero-order valence-electron chi connectivity index (χ0n) is 16.9. The van der Waals surface area contributed by atoms with Gasteiger partial charge in [0.2, 0.25) is 0 Å². The highest BCUT2D eigenvalue weighted by Gasteiger charge is 2.20. The number of carbonyl (C=O) groups is 1. The first-order valence-electron chi connectivity index (χ1n) is 9.70. The lowest BCUT2D eigenvalue weighted by Gasteiger charge is -2.34. The van der Waals surface area contributed by atoms with Gasteiger partial charge in [-0.3, -0.25) is 9.59 Å². The third kappa shape index (κ3) is 3.99. The van der Waals surface area contributed by atoms with Crippen molar-refractivity contribution in [2.75, 3.05) is 50.6 Å². The normalized spacial score (nSPS) is 14.7. The molecule has 1 amide bonds. The number of nitrogens with zero attached hydrogens (tertiary/aromatic N) is 2. The second kappa shape index (κ2) is 8.16. The van der Waals surface area contributed by atoms with Crippen molar-refractivity contribution in [2.24, 2.45) is 0 Å². The Labute approximate surface area is 173 Å². The molecular formula is C22H23FN4O3. The molecule has 0 atom stereocenters. The molecule has 7 nitrogen and oxygen atoms in total. The van der Waals surface area contributed by atoms with Gasteiger partial charge in [-0.1, -0.05) is 0 Å². The lowest BCUT2D eigenvalue weighted by molar-refractivity contribution is 0.102. The Morgan fingerprint density at radius 2 is 1.80 bits per heavy atom. The van der Waals surface area contributed by atoms with E-state index in [9.17, 15) is 14.0 Å². The third-order valence-corrected chi connectivity index (χ3v) is 5.32. The van der Waals surface area contributed by atoms with Crippen LogP contribution in [0.15, 0.2) is 47.3 Å². The number of benzene rings is 2. The van der Waals surface area contributed by atoms with Crippen molar-refractivity contribution < 1.29 is 13.9 Å².